The van der Waals surface area contributed by atoms with Gasteiger partial charge in [0, 0.05) is 32.7 Å². The Balaban J connectivity index is 1.31. The third-order valence-corrected chi connectivity index (χ3v) is 7.20. The van der Waals surface area contributed by atoms with Crippen LogP contribution >= 0.6 is 0 Å². The number of nitrogens with one attached hydrogen (secondary N) is 2. The standard InChI is InChI=1S/C30H38N4O7/c1-39-25-13-12-21(18-26(25)40-2)14-15-31-27(35)11-5-6-16-33-29(37)23-9-3-4-10-24(23)34(30(33)38)20-28(36)32-19-22-8-7-17-41-22/h3-4,9-10,12-13,18,22H,5-8,11,14-17,19-20H2,1-2H3,(H,31,35)(H,32,36)/t22-/m0/s1. The molecule has 0 radical (unpaired) electrons. The first kappa shape index (κ1) is 29.9. The Hall–Kier alpha value is -4.12. The van der Waals surface area contributed by atoms with Crippen molar-refractivity contribution >= 4 is 22.7 Å². The molecule has 2 N–H and O–H groups in total. The molecule has 2 amide bonds. The average molecular weight is 567 g/mol. The van der Waals surface area contributed by atoms with Crippen molar-refractivity contribution in [1.29, 1.82) is 0 Å². The summed E-state index contributed by atoms with van der Waals surface area (Å²) in [4.78, 5) is 51.5. The molecule has 1 atom stereocenters. The fraction of sp³-hybridized carbons (Fsp3) is 0.467. The van der Waals surface area contributed by atoms with Crippen LogP contribution in [0.5, 0.6) is 11.5 Å². The maximum atomic E-state index is 13.3. The summed E-state index contributed by atoms with van der Waals surface area (Å²) < 4.78 is 18.6. The second kappa shape index (κ2) is 14.5. The van der Waals surface area contributed by atoms with E-state index in [0.717, 1.165) is 23.0 Å². The zero-order valence-corrected chi connectivity index (χ0v) is 23.6. The molecule has 0 aliphatic carbocycles. The fourth-order valence-electron chi connectivity index (χ4n) is 4.98. The Bertz CT molecular complexity index is 1470. The molecule has 3 aromatic rings. The summed E-state index contributed by atoms with van der Waals surface area (Å²) in [5.74, 6) is 0.869. The Morgan fingerprint density at radius 3 is 2.54 bits per heavy atom. The van der Waals surface area contributed by atoms with Gasteiger partial charge in [0.2, 0.25) is 11.8 Å². The summed E-state index contributed by atoms with van der Waals surface area (Å²) >= 11 is 0. The Morgan fingerprint density at radius 2 is 1.78 bits per heavy atom. The van der Waals surface area contributed by atoms with Crippen LogP contribution in [0, 0.1) is 0 Å². The second-order valence-electron chi connectivity index (χ2n) is 10.0. The molecule has 11 nitrogen and oxygen atoms in total. The predicted octanol–water partition coefficient (Wildman–Crippen LogP) is 2.00. The number of amides is 2. The van der Waals surface area contributed by atoms with Gasteiger partial charge in [-0.05, 0) is 61.9 Å². The molecule has 1 aromatic heterocycles. The van der Waals surface area contributed by atoms with E-state index in [0.29, 0.717) is 61.4 Å². The number of benzene rings is 2. The van der Waals surface area contributed by atoms with Crippen molar-refractivity contribution < 1.29 is 23.8 Å². The molecule has 220 valence electrons. The SMILES string of the molecule is COc1ccc(CCNC(=O)CCCCn2c(=O)c3ccccc3n(CC(=O)NC[C@@H]3CCCO3)c2=O)cc1OC. The Labute approximate surface area is 238 Å². The number of para-hydroxylation sites is 1. The topological polar surface area (TPSA) is 130 Å². The van der Waals surface area contributed by atoms with Crippen molar-refractivity contribution in [2.24, 2.45) is 0 Å². The lowest BCUT2D eigenvalue weighted by atomic mass is 10.1. The molecule has 41 heavy (non-hydrogen) atoms. The molecule has 0 spiro atoms. The highest BCUT2D eigenvalue weighted by atomic mass is 16.5. The minimum atomic E-state index is -0.541. The molecule has 11 heteroatoms. The summed E-state index contributed by atoms with van der Waals surface area (Å²) in [5, 5.41) is 6.11. The zero-order chi connectivity index (χ0) is 29.2. The monoisotopic (exact) mass is 566 g/mol. The van der Waals surface area contributed by atoms with E-state index >= 15 is 0 Å². The van der Waals surface area contributed by atoms with Crippen molar-refractivity contribution in [3.05, 3.63) is 68.9 Å². The molecule has 4 rings (SSSR count). The number of fused-ring (bicyclic) bond motifs is 1. The molecule has 1 aliphatic rings. The minimum absolute atomic E-state index is 0.00969. The molecule has 0 bridgehead atoms. The lowest BCUT2D eigenvalue weighted by Gasteiger charge is -2.15. The van der Waals surface area contributed by atoms with E-state index in [4.69, 9.17) is 14.2 Å². The normalized spacial score (nSPS) is 14.6. The fourth-order valence-corrected chi connectivity index (χ4v) is 4.98. The summed E-state index contributed by atoms with van der Waals surface area (Å²) in [6.07, 6.45) is 3.73. The van der Waals surface area contributed by atoms with Gasteiger partial charge in [-0.25, -0.2) is 4.79 Å². The Morgan fingerprint density at radius 1 is 0.976 bits per heavy atom. The van der Waals surface area contributed by atoms with Crippen LogP contribution in [-0.4, -0.2) is 61.0 Å². The lowest BCUT2D eigenvalue weighted by Crippen LogP contribution is -2.43. The molecule has 0 unspecified atom stereocenters. The first-order valence-electron chi connectivity index (χ1n) is 14.0. The van der Waals surface area contributed by atoms with E-state index in [1.54, 1.807) is 38.5 Å². The number of hydrogen-bond acceptors (Lipinski definition) is 7. The van der Waals surface area contributed by atoms with Crippen LogP contribution in [0.15, 0.2) is 52.1 Å². The van der Waals surface area contributed by atoms with Crippen molar-refractivity contribution in [1.82, 2.24) is 19.8 Å². The first-order chi connectivity index (χ1) is 19.9. The number of aromatic nitrogens is 2. The summed E-state index contributed by atoms with van der Waals surface area (Å²) in [5.41, 5.74) is 0.483. The van der Waals surface area contributed by atoms with E-state index in [1.807, 2.05) is 18.2 Å². The van der Waals surface area contributed by atoms with E-state index < -0.39 is 11.2 Å². The number of nitrogens with zero attached hydrogens (tertiary/aromatic N) is 2. The van der Waals surface area contributed by atoms with E-state index in [-0.39, 0.29) is 37.4 Å². The number of unbranched alkanes of at least 4 members (excludes halogenated alkanes) is 1. The summed E-state index contributed by atoms with van der Waals surface area (Å²) in [6, 6.07) is 12.4. The number of rotatable bonds is 14. The van der Waals surface area contributed by atoms with Crippen molar-refractivity contribution in [2.75, 3.05) is 33.9 Å². The summed E-state index contributed by atoms with van der Waals surface area (Å²) in [7, 11) is 3.16. The maximum absolute atomic E-state index is 13.3. The maximum Gasteiger partial charge on any atom is 0.331 e. The highest BCUT2D eigenvalue weighted by Gasteiger charge is 2.18. The van der Waals surface area contributed by atoms with Gasteiger partial charge in [-0.15, -0.1) is 0 Å². The molecule has 0 saturated carbocycles. The van der Waals surface area contributed by atoms with Gasteiger partial charge in [-0.2, -0.15) is 0 Å². The van der Waals surface area contributed by atoms with E-state index in [9.17, 15) is 19.2 Å². The third kappa shape index (κ3) is 7.75. The largest absolute Gasteiger partial charge is 0.493 e. The van der Waals surface area contributed by atoms with Gasteiger partial charge in [0.1, 0.15) is 6.54 Å². The van der Waals surface area contributed by atoms with Crippen LogP contribution in [-0.2, 0) is 33.8 Å². The molecule has 2 heterocycles. The van der Waals surface area contributed by atoms with Gasteiger partial charge in [0.25, 0.3) is 5.56 Å². The van der Waals surface area contributed by atoms with Gasteiger partial charge in [-0.1, -0.05) is 18.2 Å². The average Bonchev–Trinajstić information content (AvgIpc) is 3.51. The molecule has 1 aliphatic heterocycles. The highest BCUT2D eigenvalue weighted by molar-refractivity contribution is 5.81. The lowest BCUT2D eigenvalue weighted by molar-refractivity contribution is -0.122. The van der Waals surface area contributed by atoms with E-state index in [1.165, 1.54) is 4.57 Å². The molecule has 1 fully saturated rings. The van der Waals surface area contributed by atoms with Crippen LogP contribution < -0.4 is 31.4 Å². The minimum Gasteiger partial charge on any atom is -0.493 e. The van der Waals surface area contributed by atoms with Gasteiger partial charge in [0.15, 0.2) is 11.5 Å². The zero-order valence-electron chi connectivity index (χ0n) is 23.6. The second-order valence-corrected chi connectivity index (χ2v) is 10.0. The number of carbonyl (C=O) groups is 2. The number of hydrogen-bond donors (Lipinski definition) is 2. The number of methoxy groups -OCH3 is 2. The smallest absolute Gasteiger partial charge is 0.331 e. The van der Waals surface area contributed by atoms with Crippen LogP contribution in [0.4, 0.5) is 0 Å². The van der Waals surface area contributed by atoms with Crippen molar-refractivity contribution in [3.63, 3.8) is 0 Å². The van der Waals surface area contributed by atoms with Gasteiger partial charge in [0.05, 0.1) is 31.2 Å². The Kier molecular flexibility index (Phi) is 10.6. The van der Waals surface area contributed by atoms with Gasteiger partial charge >= 0.3 is 5.69 Å². The number of ether oxygens (including phenoxy) is 3. The highest BCUT2D eigenvalue weighted by Crippen LogP contribution is 2.27. The van der Waals surface area contributed by atoms with Crippen LogP contribution in [0.1, 0.15) is 37.7 Å². The van der Waals surface area contributed by atoms with Crippen LogP contribution in [0.25, 0.3) is 10.9 Å². The van der Waals surface area contributed by atoms with Crippen LogP contribution in [0.2, 0.25) is 0 Å². The van der Waals surface area contributed by atoms with Gasteiger partial charge in [-0.3, -0.25) is 23.5 Å². The van der Waals surface area contributed by atoms with E-state index in [2.05, 4.69) is 10.6 Å². The van der Waals surface area contributed by atoms with Crippen molar-refractivity contribution in [3.8, 4) is 11.5 Å². The molecule has 2 aromatic carbocycles. The third-order valence-electron chi connectivity index (χ3n) is 7.20. The summed E-state index contributed by atoms with van der Waals surface area (Å²) in [6.45, 7) is 1.50. The number of carbonyl (C=O) groups excluding carboxylic acids is 2. The van der Waals surface area contributed by atoms with Crippen LogP contribution in [0.3, 0.4) is 0 Å². The first-order valence-corrected chi connectivity index (χ1v) is 14.0. The van der Waals surface area contributed by atoms with Gasteiger partial charge < -0.3 is 24.8 Å². The van der Waals surface area contributed by atoms with Crippen molar-refractivity contribution in [2.45, 2.75) is 57.7 Å². The molecule has 1 saturated heterocycles. The quantitative estimate of drug-likeness (QED) is 0.286. The molecular formula is C30H38N4O7. The molecular weight excluding hydrogens is 528 g/mol. The predicted molar refractivity (Wildman–Crippen MR) is 155 cm³/mol.